The number of imidazole rings is 1. The number of benzene rings is 1. The van der Waals surface area contributed by atoms with Crippen LogP contribution < -0.4 is 0 Å². The highest BCUT2D eigenvalue weighted by Crippen LogP contribution is 2.25. The number of aryl methyl sites for hydroxylation is 3. The van der Waals surface area contributed by atoms with E-state index in [2.05, 4.69) is 23.2 Å². The zero-order valence-corrected chi connectivity index (χ0v) is 10.6. The van der Waals surface area contributed by atoms with Gasteiger partial charge in [0.1, 0.15) is 6.10 Å². The lowest BCUT2D eigenvalue weighted by molar-refractivity contribution is 0.174. The van der Waals surface area contributed by atoms with Gasteiger partial charge in [-0.05, 0) is 36.0 Å². The number of rotatable bonds is 3. The highest BCUT2D eigenvalue weighted by molar-refractivity contribution is 5.35. The molecule has 3 nitrogen and oxygen atoms in total. The average Bonchev–Trinajstić information content (AvgIpc) is 2.96. The van der Waals surface area contributed by atoms with Crippen LogP contribution in [0.25, 0.3) is 0 Å². The number of fused-ring (bicyclic) bond motifs is 1. The van der Waals surface area contributed by atoms with Gasteiger partial charge in [0.15, 0.2) is 0 Å². The van der Waals surface area contributed by atoms with E-state index >= 15 is 0 Å². The van der Waals surface area contributed by atoms with Crippen LogP contribution in [0.4, 0.5) is 0 Å². The molecular weight excluding hydrogens is 224 g/mol. The number of aromatic nitrogens is 2. The van der Waals surface area contributed by atoms with Crippen molar-refractivity contribution in [2.24, 2.45) is 7.05 Å². The molecule has 1 atom stereocenters. The first kappa shape index (κ1) is 11.5. The van der Waals surface area contributed by atoms with Crippen LogP contribution >= 0.6 is 0 Å². The normalized spacial score (nSPS) is 15.7. The Bertz CT molecular complexity index is 559. The molecule has 0 saturated carbocycles. The number of aliphatic hydroxyl groups excluding tert-OH is 1. The van der Waals surface area contributed by atoms with E-state index in [0.29, 0.717) is 6.42 Å². The van der Waals surface area contributed by atoms with E-state index in [0.717, 1.165) is 5.69 Å². The van der Waals surface area contributed by atoms with Gasteiger partial charge in [0, 0.05) is 19.7 Å². The van der Waals surface area contributed by atoms with Crippen LogP contribution in [0.2, 0.25) is 0 Å². The summed E-state index contributed by atoms with van der Waals surface area (Å²) in [5.41, 5.74) is 4.89. The molecule has 3 rings (SSSR count). The number of nitrogens with zero attached hydrogens (tertiary/aromatic N) is 2. The van der Waals surface area contributed by atoms with Gasteiger partial charge in [0.2, 0.25) is 0 Å². The fraction of sp³-hybridized carbons (Fsp3) is 0.400. The van der Waals surface area contributed by atoms with Gasteiger partial charge >= 0.3 is 0 Å². The first-order valence-electron chi connectivity index (χ1n) is 6.49. The minimum Gasteiger partial charge on any atom is -0.386 e. The van der Waals surface area contributed by atoms with Gasteiger partial charge < -0.3 is 9.67 Å². The fourth-order valence-electron chi connectivity index (χ4n) is 2.69. The Morgan fingerprint density at radius 3 is 2.94 bits per heavy atom. The highest BCUT2D eigenvalue weighted by Gasteiger charge is 2.14. The molecule has 0 amide bonds. The molecule has 3 heteroatoms. The van der Waals surface area contributed by atoms with Gasteiger partial charge in [-0.3, -0.25) is 0 Å². The van der Waals surface area contributed by atoms with Crippen molar-refractivity contribution in [3.63, 3.8) is 0 Å². The van der Waals surface area contributed by atoms with Gasteiger partial charge in [0.25, 0.3) is 0 Å². The second-order valence-corrected chi connectivity index (χ2v) is 5.14. The SMILES string of the molecule is Cn1cnc(C(O)Cc2ccc3c(c2)CCC3)c1. The number of hydrogen-bond donors (Lipinski definition) is 1. The Balaban J connectivity index is 1.76. The van der Waals surface area contributed by atoms with Gasteiger partial charge in [-0.25, -0.2) is 4.98 Å². The molecule has 1 unspecified atom stereocenters. The molecule has 1 N–H and O–H groups in total. The largest absolute Gasteiger partial charge is 0.386 e. The first-order valence-corrected chi connectivity index (χ1v) is 6.49. The molecule has 1 aliphatic rings. The van der Waals surface area contributed by atoms with Crippen LogP contribution in [0, 0.1) is 0 Å². The quantitative estimate of drug-likeness (QED) is 0.896. The summed E-state index contributed by atoms with van der Waals surface area (Å²) in [5, 5.41) is 10.2. The molecule has 0 spiro atoms. The van der Waals surface area contributed by atoms with Crippen molar-refractivity contribution < 1.29 is 5.11 Å². The maximum absolute atomic E-state index is 10.2. The van der Waals surface area contributed by atoms with E-state index in [4.69, 9.17) is 0 Å². The Labute approximate surface area is 107 Å². The molecule has 2 aromatic rings. The van der Waals surface area contributed by atoms with Crippen molar-refractivity contribution in [1.29, 1.82) is 0 Å². The molecular formula is C15H18N2O. The minimum atomic E-state index is -0.509. The maximum Gasteiger partial charge on any atom is 0.101 e. The van der Waals surface area contributed by atoms with Crippen LogP contribution in [0.15, 0.2) is 30.7 Å². The number of aliphatic hydroxyl groups is 1. The molecule has 18 heavy (non-hydrogen) atoms. The van der Waals surface area contributed by atoms with Crippen LogP contribution in [0.3, 0.4) is 0 Å². The summed E-state index contributed by atoms with van der Waals surface area (Å²) in [4.78, 5) is 4.20. The van der Waals surface area contributed by atoms with Gasteiger partial charge in [-0.1, -0.05) is 18.2 Å². The predicted molar refractivity (Wildman–Crippen MR) is 70.3 cm³/mol. The standard InChI is InChI=1S/C15H18N2O/c1-17-9-14(16-10-17)15(18)8-11-5-6-12-3-2-4-13(12)7-11/h5-7,9-10,15,18H,2-4,8H2,1H3. The molecule has 1 aromatic carbocycles. The van der Waals surface area contributed by atoms with E-state index in [1.165, 1.54) is 36.0 Å². The summed E-state index contributed by atoms with van der Waals surface area (Å²) in [7, 11) is 1.92. The lowest BCUT2D eigenvalue weighted by Gasteiger charge is -2.09. The fourth-order valence-corrected chi connectivity index (χ4v) is 2.69. The molecule has 1 aliphatic carbocycles. The average molecular weight is 242 g/mol. The molecule has 0 fully saturated rings. The summed E-state index contributed by atoms with van der Waals surface area (Å²) in [6, 6.07) is 6.59. The third-order valence-corrected chi connectivity index (χ3v) is 3.66. The van der Waals surface area contributed by atoms with E-state index in [1.54, 1.807) is 6.33 Å². The summed E-state index contributed by atoms with van der Waals surface area (Å²) < 4.78 is 1.86. The van der Waals surface area contributed by atoms with Crippen LogP contribution in [0.5, 0.6) is 0 Å². The van der Waals surface area contributed by atoms with Crippen molar-refractivity contribution in [3.8, 4) is 0 Å². The third-order valence-electron chi connectivity index (χ3n) is 3.66. The van der Waals surface area contributed by atoms with Crippen molar-refractivity contribution in [2.75, 3.05) is 0 Å². The zero-order chi connectivity index (χ0) is 12.5. The summed E-state index contributed by atoms with van der Waals surface area (Å²) in [5.74, 6) is 0. The molecule has 0 aliphatic heterocycles. The molecule has 0 bridgehead atoms. The third kappa shape index (κ3) is 2.18. The zero-order valence-electron chi connectivity index (χ0n) is 10.6. The van der Waals surface area contributed by atoms with Crippen LogP contribution in [-0.2, 0) is 26.3 Å². The monoisotopic (exact) mass is 242 g/mol. The second kappa shape index (κ2) is 4.58. The van der Waals surface area contributed by atoms with E-state index in [1.807, 2.05) is 17.8 Å². The van der Waals surface area contributed by atoms with Crippen LogP contribution in [0.1, 0.15) is 34.9 Å². The predicted octanol–water partition coefficient (Wildman–Crippen LogP) is 2.18. The van der Waals surface area contributed by atoms with Gasteiger partial charge in [-0.15, -0.1) is 0 Å². The second-order valence-electron chi connectivity index (χ2n) is 5.14. The molecule has 1 heterocycles. The Hall–Kier alpha value is -1.61. The van der Waals surface area contributed by atoms with E-state index in [9.17, 15) is 5.11 Å². The molecule has 94 valence electrons. The minimum absolute atomic E-state index is 0.509. The first-order chi connectivity index (χ1) is 8.72. The Morgan fingerprint density at radius 2 is 2.17 bits per heavy atom. The Kier molecular flexibility index (Phi) is 2.92. The van der Waals surface area contributed by atoms with Crippen molar-refractivity contribution in [2.45, 2.75) is 31.8 Å². The lowest BCUT2D eigenvalue weighted by Crippen LogP contribution is -2.02. The summed E-state index contributed by atoms with van der Waals surface area (Å²) in [6.07, 6.45) is 7.39. The smallest absolute Gasteiger partial charge is 0.101 e. The summed E-state index contributed by atoms with van der Waals surface area (Å²) >= 11 is 0. The molecule has 0 saturated heterocycles. The van der Waals surface area contributed by atoms with E-state index in [-0.39, 0.29) is 0 Å². The summed E-state index contributed by atoms with van der Waals surface area (Å²) in [6.45, 7) is 0. The highest BCUT2D eigenvalue weighted by atomic mass is 16.3. The topological polar surface area (TPSA) is 38.0 Å². The van der Waals surface area contributed by atoms with Gasteiger partial charge in [-0.2, -0.15) is 0 Å². The van der Waals surface area contributed by atoms with Gasteiger partial charge in [0.05, 0.1) is 12.0 Å². The Morgan fingerprint density at radius 1 is 1.33 bits per heavy atom. The maximum atomic E-state index is 10.2. The van der Waals surface area contributed by atoms with Crippen molar-refractivity contribution >= 4 is 0 Å². The molecule has 0 radical (unpaired) electrons. The van der Waals surface area contributed by atoms with Crippen molar-refractivity contribution in [1.82, 2.24) is 9.55 Å². The molecule has 1 aromatic heterocycles. The van der Waals surface area contributed by atoms with Crippen LogP contribution in [-0.4, -0.2) is 14.7 Å². The van der Waals surface area contributed by atoms with E-state index < -0.39 is 6.10 Å². The van der Waals surface area contributed by atoms with Crippen molar-refractivity contribution in [3.05, 3.63) is 53.1 Å². The number of hydrogen-bond acceptors (Lipinski definition) is 2. The lowest BCUT2D eigenvalue weighted by atomic mass is 10.0.